The van der Waals surface area contributed by atoms with Gasteiger partial charge in [-0.05, 0) is 35.9 Å². The number of benzene rings is 2. The largest absolute Gasteiger partial charge is 0.441 e. The van der Waals surface area contributed by atoms with Crippen molar-refractivity contribution in [1.82, 2.24) is 4.98 Å². The molecule has 4 heteroatoms. The molecular weight excluding hydrogens is 262 g/mol. The Morgan fingerprint density at radius 2 is 2.14 bits per heavy atom. The van der Waals surface area contributed by atoms with Gasteiger partial charge in [0, 0.05) is 18.7 Å². The molecule has 1 N–H and O–H groups in total. The number of oxazole rings is 1. The molecule has 0 aliphatic carbocycles. The molecule has 0 fully saturated rings. The second-order valence-electron chi connectivity index (χ2n) is 4.81. The number of hydrogen-bond acceptors (Lipinski definition) is 4. The van der Waals surface area contributed by atoms with E-state index in [2.05, 4.69) is 16.4 Å². The van der Waals surface area contributed by atoms with E-state index < -0.39 is 0 Å². The van der Waals surface area contributed by atoms with Crippen molar-refractivity contribution in [3.8, 4) is 6.07 Å². The molecule has 104 valence electrons. The van der Waals surface area contributed by atoms with Gasteiger partial charge in [0.2, 0.25) is 0 Å². The Morgan fingerprint density at radius 3 is 2.95 bits per heavy atom. The van der Waals surface area contributed by atoms with E-state index in [4.69, 9.17) is 9.68 Å². The minimum Gasteiger partial charge on any atom is -0.441 e. The lowest BCUT2D eigenvalue weighted by Crippen LogP contribution is -1.99. The minimum absolute atomic E-state index is 0.666. The number of rotatable bonds is 4. The first-order valence-corrected chi connectivity index (χ1v) is 6.91. The van der Waals surface area contributed by atoms with E-state index in [1.807, 2.05) is 43.3 Å². The summed E-state index contributed by atoms with van der Waals surface area (Å²) in [6.07, 6.45) is 0.790. The van der Waals surface area contributed by atoms with Crippen molar-refractivity contribution >= 4 is 16.8 Å². The molecule has 3 aromatic rings. The van der Waals surface area contributed by atoms with Crippen molar-refractivity contribution in [3.05, 3.63) is 59.5 Å². The number of nitrogens with one attached hydrogen (secondary N) is 1. The van der Waals surface area contributed by atoms with Crippen molar-refractivity contribution in [1.29, 1.82) is 5.26 Å². The summed E-state index contributed by atoms with van der Waals surface area (Å²) in [6, 6.07) is 15.6. The van der Waals surface area contributed by atoms with E-state index in [1.165, 1.54) is 0 Å². The van der Waals surface area contributed by atoms with Crippen LogP contribution in [0.1, 0.15) is 23.9 Å². The van der Waals surface area contributed by atoms with E-state index >= 15 is 0 Å². The average molecular weight is 277 g/mol. The third kappa shape index (κ3) is 2.87. The Balaban J connectivity index is 1.76. The number of anilines is 1. The zero-order chi connectivity index (χ0) is 14.7. The molecule has 1 aromatic heterocycles. The molecule has 0 spiro atoms. The minimum atomic E-state index is 0.666. The van der Waals surface area contributed by atoms with Gasteiger partial charge in [-0.2, -0.15) is 5.26 Å². The van der Waals surface area contributed by atoms with Crippen LogP contribution >= 0.6 is 0 Å². The van der Waals surface area contributed by atoms with Crippen LogP contribution in [0.15, 0.2) is 46.9 Å². The van der Waals surface area contributed by atoms with Crippen LogP contribution in [-0.2, 0) is 13.0 Å². The SMILES string of the molecule is CCc1nc2cc(NCc3cccc(C#N)c3)ccc2o1. The van der Waals surface area contributed by atoms with Crippen LogP contribution in [0.2, 0.25) is 0 Å². The van der Waals surface area contributed by atoms with Crippen LogP contribution in [0.25, 0.3) is 11.1 Å². The van der Waals surface area contributed by atoms with E-state index in [-0.39, 0.29) is 0 Å². The van der Waals surface area contributed by atoms with E-state index in [9.17, 15) is 0 Å². The van der Waals surface area contributed by atoms with Crippen molar-refractivity contribution < 1.29 is 4.42 Å². The summed E-state index contributed by atoms with van der Waals surface area (Å²) >= 11 is 0. The van der Waals surface area contributed by atoms with Gasteiger partial charge < -0.3 is 9.73 Å². The van der Waals surface area contributed by atoms with Gasteiger partial charge in [0.1, 0.15) is 5.52 Å². The zero-order valence-corrected chi connectivity index (χ0v) is 11.8. The smallest absolute Gasteiger partial charge is 0.195 e. The lowest BCUT2D eigenvalue weighted by Gasteiger charge is -2.06. The van der Waals surface area contributed by atoms with Crippen molar-refractivity contribution in [2.45, 2.75) is 19.9 Å². The lowest BCUT2D eigenvalue weighted by molar-refractivity contribution is 0.538. The summed E-state index contributed by atoms with van der Waals surface area (Å²) in [6.45, 7) is 2.69. The molecule has 1 heterocycles. The molecule has 0 amide bonds. The second-order valence-corrected chi connectivity index (χ2v) is 4.81. The zero-order valence-electron chi connectivity index (χ0n) is 11.8. The van der Waals surface area contributed by atoms with Crippen LogP contribution in [0.5, 0.6) is 0 Å². The Labute approximate surface area is 123 Å². The van der Waals surface area contributed by atoms with Crippen molar-refractivity contribution in [2.24, 2.45) is 0 Å². The van der Waals surface area contributed by atoms with Crippen LogP contribution in [-0.4, -0.2) is 4.98 Å². The van der Waals surface area contributed by atoms with Crippen molar-refractivity contribution in [2.75, 3.05) is 5.32 Å². The fourth-order valence-electron chi connectivity index (χ4n) is 2.19. The standard InChI is InChI=1S/C17H15N3O/c1-2-17-20-15-9-14(6-7-16(15)21-17)19-11-13-5-3-4-12(8-13)10-18/h3-9,19H,2,11H2,1H3. The molecule has 0 unspecified atom stereocenters. The molecule has 21 heavy (non-hydrogen) atoms. The maximum atomic E-state index is 8.90. The highest BCUT2D eigenvalue weighted by molar-refractivity contribution is 5.77. The van der Waals surface area contributed by atoms with Crippen LogP contribution in [0, 0.1) is 11.3 Å². The summed E-state index contributed by atoms with van der Waals surface area (Å²) in [7, 11) is 0. The summed E-state index contributed by atoms with van der Waals surface area (Å²) in [5, 5.41) is 12.2. The fraction of sp³-hybridized carbons (Fsp3) is 0.176. The predicted octanol–water partition coefficient (Wildman–Crippen LogP) is 3.87. The van der Waals surface area contributed by atoms with Gasteiger partial charge in [-0.15, -0.1) is 0 Å². The molecule has 0 atom stereocenters. The maximum absolute atomic E-state index is 8.90. The van der Waals surface area contributed by atoms with Gasteiger partial charge in [-0.3, -0.25) is 0 Å². The molecule has 0 radical (unpaired) electrons. The highest BCUT2D eigenvalue weighted by atomic mass is 16.3. The van der Waals surface area contributed by atoms with Gasteiger partial charge in [0.25, 0.3) is 0 Å². The van der Waals surface area contributed by atoms with Crippen LogP contribution < -0.4 is 5.32 Å². The Morgan fingerprint density at radius 1 is 1.24 bits per heavy atom. The van der Waals surface area contributed by atoms with Gasteiger partial charge >= 0.3 is 0 Å². The third-order valence-electron chi connectivity index (χ3n) is 3.29. The molecule has 3 rings (SSSR count). The Hall–Kier alpha value is -2.80. The third-order valence-corrected chi connectivity index (χ3v) is 3.29. The summed E-state index contributed by atoms with van der Waals surface area (Å²) in [5.74, 6) is 0.754. The van der Waals surface area contributed by atoms with Crippen LogP contribution in [0.4, 0.5) is 5.69 Å². The summed E-state index contributed by atoms with van der Waals surface area (Å²) in [4.78, 5) is 4.42. The highest BCUT2D eigenvalue weighted by Crippen LogP contribution is 2.20. The number of fused-ring (bicyclic) bond motifs is 1. The number of nitrogens with zero attached hydrogens (tertiary/aromatic N) is 2. The number of hydrogen-bond donors (Lipinski definition) is 1. The normalized spacial score (nSPS) is 10.5. The summed E-state index contributed by atoms with van der Waals surface area (Å²) in [5.41, 5.74) is 4.41. The second kappa shape index (κ2) is 5.68. The first-order chi connectivity index (χ1) is 10.3. The van der Waals surface area contributed by atoms with Gasteiger partial charge in [0.05, 0.1) is 11.6 Å². The average Bonchev–Trinajstić information content (AvgIpc) is 2.95. The van der Waals surface area contributed by atoms with Gasteiger partial charge in [-0.1, -0.05) is 19.1 Å². The van der Waals surface area contributed by atoms with E-state index in [0.29, 0.717) is 12.1 Å². The predicted molar refractivity (Wildman–Crippen MR) is 81.9 cm³/mol. The van der Waals surface area contributed by atoms with Crippen molar-refractivity contribution in [3.63, 3.8) is 0 Å². The highest BCUT2D eigenvalue weighted by Gasteiger charge is 2.05. The topological polar surface area (TPSA) is 61.9 Å². The number of aryl methyl sites for hydroxylation is 1. The molecule has 0 saturated heterocycles. The molecule has 4 nitrogen and oxygen atoms in total. The quantitative estimate of drug-likeness (QED) is 0.786. The molecular formula is C17H15N3O. The van der Waals surface area contributed by atoms with Gasteiger partial charge in [0.15, 0.2) is 11.5 Å². The number of nitriles is 1. The van der Waals surface area contributed by atoms with E-state index in [1.54, 1.807) is 6.07 Å². The monoisotopic (exact) mass is 277 g/mol. The summed E-state index contributed by atoms with van der Waals surface area (Å²) < 4.78 is 5.59. The molecule has 0 aliphatic heterocycles. The number of aromatic nitrogens is 1. The molecule has 0 aliphatic rings. The lowest BCUT2D eigenvalue weighted by atomic mass is 10.1. The Kier molecular flexibility index (Phi) is 3.57. The van der Waals surface area contributed by atoms with Gasteiger partial charge in [-0.25, -0.2) is 4.98 Å². The molecule has 0 saturated carbocycles. The molecule has 0 bridgehead atoms. The fourth-order valence-corrected chi connectivity index (χ4v) is 2.19. The van der Waals surface area contributed by atoms with Crippen LogP contribution in [0.3, 0.4) is 0 Å². The molecule has 2 aromatic carbocycles. The maximum Gasteiger partial charge on any atom is 0.195 e. The first-order valence-electron chi connectivity index (χ1n) is 6.91. The Bertz CT molecular complexity index is 814. The van der Waals surface area contributed by atoms with E-state index in [0.717, 1.165) is 34.7 Å². The first kappa shape index (κ1) is 13.2.